The van der Waals surface area contributed by atoms with Gasteiger partial charge in [-0.2, -0.15) is 0 Å². The van der Waals surface area contributed by atoms with Crippen molar-refractivity contribution in [2.24, 2.45) is 0 Å². The third-order valence-corrected chi connectivity index (χ3v) is 3.75. The summed E-state index contributed by atoms with van der Waals surface area (Å²) in [5.41, 5.74) is 0. The van der Waals surface area contributed by atoms with Crippen LogP contribution in [0.5, 0.6) is 0 Å². The van der Waals surface area contributed by atoms with Gasteiger partial charge in [-0.1, -0.05) is 12.2 Å². The van der Waals surface area contributed by atoms with Gasteiger partial charge in [-0.3, -0.25) is 0 Å². The molecule has 10 nitrogen and oxygen atoms in total. The van der Waals surface area contributed by atoms with Crippen LogP contribution in [0.25, 0.3) is 0 Å². The Morgan fingerprint density at radius 1 is 0.778 bits per heavy atom. The summed E-state index contributed by atoms with van der Waals surface area (Å²) in [6.45, 7) is 3.21. The van der Waals surface area contributed by atoms with Crippen LogP contribution in [0.4, 0.5) is 0 Å². The first-order valence-corrected chi connectivity index (χ1v) is 10.5. The van der Waals surface area contributed by atoms with Gasteiger partial charge in [-0.05, 0) is 26.7 Å². The molecular formula is C14H22MgO10S2. The van der Waals surface area contributed by atoms with Crippen LogP contribution in [0.1, 0.15) is 26.7 Å². The Kier molecular flexibility index (Phi) is 19.5. The predicted octanol–water partition coefficient (Wildman–Crippen LogP) is -0.299. The number of carbonyl (C=O) groups excluding carboxylic acids is 2. The third-order valence-electron chi connectivity index (χ3n) is 2.17. The molecule has 0 saturated heterocycles. The van der Waals surface area contributed by atoms with Crippen molar-refractivity contribution in [3.05, 3.63) is 24.3 Å². The summed E-state index contributed by atoms with van der Waals surface area (Å²) in [6.07, 6.45) is 5.51. The molecule has 0 atom stereocenters. The summed E-state index contributed by atoms with van der Waals surface area (Å²) in [5, 5.41) is 0. The largest absolute Gasteiger partial charge is 2.00 e. The first-order chi connectivity index (χ1) is 11.9. The standard InChI is InChI=1S/2C7H12O5S.Mg/c2*1-2-4-7(8)12-5-3-6-13(9,10)11;/h2*2,4H,3,5-6H2,1H3,(H,9,10,11);/q;;+2/p-2. The van der Waals surface area contributed by atoms with Crippen LogP contribution >= 0.6 is 0 Å². The Balaban J connectivity index is -0.000000411. The molecule has 0 spiro atoms. The predicted molar refractivity (Wildman–Crippen MR) is 95.7 cm³/mol. The third kappa shape index (κ3) is 30.0. The molecule has 0 radical (unpaired) electrons. The molecule has 0 unspecified atom stereocenters. The first kappa shape index (κ1) is 30.7. The van der Waals surface area contributed by atoms with Gasteiger partial charge in [0.15, 0.2) is 0 Å². The fourth-order valence-corrected chi connectivity index (χ4v) is 2.13. The molecule has 13 heteroatoms. The van der Waals surface area contributed by atoms with E-state index < -0.39 is 43.7 Å². The van der Waals surface area contributed by atoms with Crippen molar-refractivity contribution in [2.75, 3.05) is 24.7 Å². The number of rotatable bonds is 10. The Labute approximate surface area is 175 Å². The second kappa shape index (κ2) is 17.1. The summed E-state index contributed by atoms with van der Waals surface area (Å²) in [7, 11) is -8.39. The van der Waals surface area contributed by atoms with Crippen molar-refractivity contribution in [1.82, 2.24) is 0 Å². The van der Waals surface area contributed by atoms with Gasteiger partial charge in [-0.25, -0.2) is 26.4 Å². The molecule has 0 heterocycles. The number of carbonyl (C=O) groups is 2. The van der Waals surface area contributed by atoms with E-state index in [1.165, 1.54) is 24.3 Å². The zero-order valence-corrected chi connectivity index (χ0v) is 18.2. The van der Waals surface area contributed by atoms with Crippen molar-refractivity contribution in [2.45, 2.75) is 26.7 Å². The van der Waals surface area contributed by atoms with Crippen molar-refractivity contribution in [1.29, 1.82) is 0 Å². The van der Waals surface area contributed by atoms with Crippen LogP contribution in [0.2, 0.25) is 0 Å². The monoisotopic (exact) mass is 438 g/mol. The van der Waals surface area contributed by atoms with Gasteiger partial charge in [0, 0.05) is 23.7 Å². The normalized spacial score (nSPS) is 11.4. The van der Waals surface area contributed by atoms with Crippen molar-refractivity contribution in [3.63, 3.8) is 0 Å². The molecule has 0 aromatic carbocycles. The van der Waals surface area contributed by atoms with Crippen LogP contribution in [-0.2, 0) is 39.3 Å². The number of hydrogen-bond donors (Lipinski definition) is 0. The molecule has 0 bridgehead atoms. The fourth-order valence-electron chi connectivity index (χ4n) is 1.19. The Bertz CT molecular complexity index is 621. The number of allylic oxidation sites excluding steroid dienone is 2. The summed E-state index contributed by atoms with van der Waals surface area (Å²) in [4.78, 5) is 21.3. The topological polar surface area (TPSA) is 167 Å². The van der Waals surface area contributed by atoms with E-state index in [-0.39, 0.29) is 49.1 Å². The van der Waals surface area contributed by atoms with E-state index in [4.69, 9.17) is 0 Å². The van der Waals surface area contributed by atoms with Crippen LogP contribution in [-0.4, -0.2) is 85.7 Å². The van der Waals surface area contributed by atoms with Crippen molar-refractivity contribution in [3.8, 4) is 0 Å². The van der Waals surface area contributed by atoms with Gasteiger partial charge in [0.2, 0.25) is 0 Å². The van der Waals surface area contributed by atoms with E-state index >= 15 is 0 Å². The van der Waals surface area contributed by atoms with Gasteiger partial charge in [0.25, 0.3) is 0 Å². The minimum atomic E-state index is -4.19. The Morgan fingerprint density at radius 2 is 1.07 bits per heavy atom. The van der Waals surface area contributed by atoms with Crippen molar-refractivity contribution < 1.29 is 45.0 Å². The molecule has 0 N–H and O–H groups in total. The molecule has 0 aliphatic carbocycles. The Morgan fingerprint density at radius 3 is 1.30 bits per heavy atom. The maximum Gasteiger partial charge on any atom is 2.00 e. The van der Waals surface area contributed by atoms with E-state index in [1.54, 1.807) is 13.8 Å². The molecular weight excluding hydrogens is 417 g/mol. The summed E-state index contributed by atoms with van der Waals surface area (Å²) < 4.78 is 69.6. The van der Waals surface area contributed by atoms with Gasteiger partial charge >= 0.3 is 35.0 Å². The second-order valence-electron chi connectivity index (χ2n) is 4.57. The number of ether oxygens (including phenoxy) is 2. The summed E-state index contributed by atoms with van der Waals surface area (Å²) in [5.74, 6) is -2.08. The SMILES string of the molecule is CC=CC(=O)OCCCS(=O)(=O)[O-].CC=CC(=O)OCCCS(=O)(=O)[O-].[Mg+2]. The van der Waals surface area contributed by atoms with Gasteiger partial charge in [-0.15, -0.1) is 0 Å². The molecule has 0 fully saturated rings. The molecule has 152 valence electrons. The fraction of sp³-hybridized carbons (Fsp3) is 0.571. The van der Waals surface area contributed by atoms with Crippen molar-refractivity contribution >= 4 is 55.2 Å². The second-order valence-corrected chi connectivity index (χ2v) is 7.61. The average molecular weight is 439 g/mol. The smallest absolute Gasteiger partial charge is 0.748 e. The van der Waals surface area contributed by atoms with E-state index in [0.29, 0.717) is 0 Å². The van der Waals surface area contributed by atoms with Gasteiger partial charge in [0.05, 0.1) is 33.5 Å². The molecule has 0 aliphatic heterocycles. The zero-order valence-electron chi connectivity index (χ0n) is 15.2. The molecule has 0 aliphatic rings. The van der Waals surface area contributed by atoms with E-state index in [9.17, 15) is 35.5 Å². The maximum absolute atomic E-state index is 10.6. The molecule has 0 amide bonds. The zero-order chi connectivity index (χ0) is 20.6. The van der Waals surface area contributed by atoms with Gasteiger partial charge < -0.3 is 18.6 Å². The van der Waals surface area contributed by atoms with E-state index in [2.05, 4.69) is 9.47 Å². The van der Waals surface area contributed by atoms with Crippen LogP contribution in [0.3, 0.4) is 0 Å². The first-order valence-electron chi connectivity index (χ1n) is 7.37. The minimum Gasteiger partial charge on any atom is -0.748 e. The summed E-state index contributed by atoms with van der Waals surface area (Å²) >= 11 is 0. The average Bonchev–Trinajstić information content (AvgIpc) is 2.48. The van der Waals surface area contributed by atoms with Crippen LogP contribution in [0.15, 0.2) is 24.3 Å². The minimum absolute atomic E-state index is 0. The summed E-state index contributed by atoms with van der Waals surface area (Å²) in [6, 6.07) is 0. The van der Waals surface area contributed by atoms with Crippen LogP contribution in [0, 0.1) is 0 Å². The molecule has 0 aromatic heterocycles. The Hall–Kier alpha value is -0.994. The maximum atomic E-state index is 10.6. The van der Waals surface area contributed by atoms with E-state index in [0.717, 1.165) is 0 Å². The number of esters is 2. The quantitative estimate of drug-likeness (QED) is 0.145. The molecule has 0 aromatic rings. The van der Waals surface area contributed by atoms with Crippen LogP contribution < -0.4 is 0 Å². The molecule has 0 saturated carbocycles. The molecule has 27 heavy (non-hydrogen) atoms. The van der Waals surface area contributed by atoms with Gasteiger partial charge in [0.1, 0.15) is 0 Å². The molecule has 0 rings (SSSR count). The van der Waals surface area contributed by atoms with E-state index in [1.807, 2.05) is 0 Å². The number of hydrogen-bond acceptors (Lipinski definition) is 10.